The van der Waals surface area contributed by atoms with Gasteiger partial charge in [0.25, 0.3) is 0 Å². The van der Waals surface area contributed by atoms with Gasteiger partial charge in [0.05, 0.1) is 10.7 Å². The summed E-state index contributed by atoms with van der Waals surface area (Å²) in [6, 6.07) is 7.06. The maximum absolute atomic E-state index is 12.0. The maximum atomic E-state index is 12.0. The van der Waals surface area contributed by atoms with Gasteiger partial charge < -0.3 is 10.6 Å². The Bertz CT molecular complexity index is 477. The summed E-state index contributed by atoms with van der Waals surface area (Å²) in [5.74, 6) is -0.160. The number of halogens is 4. The van der Waals surface area contributed by atoms with Gasteiger partial charge in [0.15, 0.2) is 0 Å². The molecule has 1 rings (SSSR count). The van der Waals surface area contributed by atoms with Crippen molar-refractivity contribution in [3.05, 3.63) is 29.3 Å². The molecular weight excluding hydrogens is 366 g/mol. The van der Waals surface area contributed by atoms with Gasteiger partial charge in [-0.3, -0.25) is 4.79 Å². The molecule has 0 heterocycles. The smallest absolute Gasteiger partial charge is 0.228 e. The van der Waals surface area contributed by atoms with Crippen molar-refractivity contribution in [3.63, 3.8) is 0 Å². The summed E-state index contributed by atoms with van der Waals surface area (Å²) in [4.78, 5) is 12.0. The standard InChI is InChI=1S/C15H20Cl4N2O/c1-2-3-4-5-10-13(22)21-14(15(17,18)19)20-12-9-7-6-8-11(12)16/h6-9,14,20H,2-5,10H2,1H3,(H,21,22). The molecule has 1 amide bonds. The van der Waals surface area contributed by atoms with Gasteiger partial charge >= 0.3 is 0 Å². The molecule has 0 bridgehead atoms. The van der Waals surface area contributed by atoms with Crippen LogP contribution in [-0.4, -0.2) is 15.9 Å². The van der Waals surface area contributed by atoms with Crippen molar-refractivity contribution in [3.8, 4) is 0 Å². The van der Waals surface area contributed by atoms with Crippen molar-refractivity contribution in [1.82, 2.24) is 5.32 Å². The van der Waals surface area contributed by atoms with E-state index in [1.165, 1.54) is 0 Å². The van der Waals surface area contributed by atoms with E-state index >= 15 is 0 Å². The highest BCUT2D eigenvalue weighted by Gasteiger charge is 2.34. The number of hydrogen-bond acceptors (Lipinski definition) is 2. The highest BCUT2D eigenvalue weighted by Crippen LogP contribution is 2.32. The summed E-state index contributed by atoms with van der Waals surface area (Å²) >= 11 is 23.9. The fourth-order valence-corrected chi connectivity index (χ4v) is 2.40. The number of benzene rings is 1. The molecule has 2 N–H and O–H groups in total. The first-order valence-corrected chi connectivity index (χ1v) is 8.73. The van der Waals surface area contributed by atoms with Crippen LogP contribution in [0.4, 0.5) is 5.69 Å². The van der Waals surface area contributed by atoms with E-state index in [4.69, 9.17) is 46.4 Å². The van der Waals surface area contributed by atoms with Gasteiger partial charge in [0, 0.05) is 6.42 Å². The second-order valence-electron chi connectivity index (χ2n) is 4.98. The van der Waals surface area contributed by atoms with Crippen LogP contribution in [0, 0.1) is 0 Å². The van der Waals surface area contributed by atoms with Crippen molar-refractivity contribution in [2.24, 2.45) is 0 Å². The largest absolute Gasteiger partial charge is 0.361 e. The van der Waals surface area contributed by atoms with Crippen LogP contribution in [0.25, 0.3) is 0 Å². The number of para-hydroxylation sites is 1. The van der Waals surface area contributed by atoms with E-state index in [0.29, 0.717) is 17.1 Å². The molecule has 0 saturated heterocycles. The second-order valence-corrected chi connectivity index (χ2v) is 7.75. The van der Waals surface area contributed by atoms with Crippen LogP contribution in [0.1, 0.15) is 39.0 Å². The van der Waals surface area contributed by atoms with Gasteiger partial charge in [0.1, 0.15) is 6.17 Å². The number of unbranched alkanes of at least 4 members (excludes halogenated alkanes) is 3. The predicted octanol–water partition coefficient (Wildman–Crippen LogP) is 5.53. The molecule has 1 unspecified atom stereocenters. The van der Waals surface area contributed by atoms with Crippen LogP contribution in [0.15, 0.2) is 24.3 Å². The van der Waals surface area contributed by atoms with Crippen molar-refractivity contribution in [1.29, 1.82) is 0 Å². The molecule has 22 heavy (non-hydrogen) atoms. The SMILES string of the molecule is CCCCCCC(=O)NC(Nc1ccccc1Cl)C(Cl)(Cl)Cl. The Hall–Kier alpha value is -0.350. The third-order valence-electron chi connectivity index (χ3n) is 3.06. The van der Waals surface area contributed by atoms with E-state index in [-0.39, 0.29) is 5.91 Å². The second kappa shape index (κ2) is 9.71. The lowest BCUT2D eigenvalue weighted by molar-refractivity contribution is -0.121. The number of hydrogen-bond donors (Lipinski definition) is 2. The average molecular weight is 386 g/mol. The number of amides is 1. The highest BCUT2D eigenvalue weighted by molar-refractivity contribution is 6.68. The number of carbonyl (C=O) groups is 1. The molecule has 1 atom stereocenters. The molecule has 1 aromatic carbocycles. The molecule has 0 saturated carbocycles. The minimum atomic E-state index is -1.70. The van der Waals surface area contributed by atoms with Gasteiger partial charge in [-0.25, -0.2) is 0 Å². The van der Waals surface area contributed by atoms with E-state index in [1.54, 1.807) is 24.3 Å². The van der Waals surface area contributed by atoms with Crippen LogP contribution in [0.2, 0.25) is 5.02 Å². The van der Waals surface area contributed by atoms with Gasteiger partial charge in [-0.2, -0.15) is 0 Å². The molecule has 0 spiro atoms. The number of anilines is 1. The third kappa shape index (κ3) is 7.28. The summed E-state index contributed by atoms with van der Waals surface area (Å²) in [6.45, 7) is 2.12. The Labute approximate surface area is 151 Å². The molecule has 0 aliphatic carbocycles. The van der Waals surface area contributed by atoms with Crippen molar-refractivity contribution >= 4 is 58.0 Å². The molecule has 7 heteroatoms. The van der Waals surface area contributed by atoms with Crippen molar-refractivity contribution in [2.75, 3.05) is 5.32 Å². The monoisotopic (exact) mass is 384 g/mol. The zero-order valence-electron chi connectivity index (χ0n) is 12.3. The summed E-state index contributed by atoms with van der Waals surface area (Å²) in [7, 11) is 0. The van der Waals surface area contributed by atoms with E-state index in [2.05, 4.69) is 17.6 Å². The Morgan fingerprint density at radius 3 is 2.45 bits per heavy atom. The Morgan fingerprint density at radius 1 is 1.18 bits per heavy atom. The quantitative estimate of drug-likeness (QED) is 0.350. The maximum Gasteiger partial charge on any atom is 0.228 e. The van der Waals surface area contributed by atoms with Crippen LogP contribution in [0.3, 0.4) is 0 Å². The van der Waals surface area contributed by atoms with Gasteiger partial charge in [0.2, 0.25) is 9.70 Å². The minimum absolute atomic E-state index is 0.160. The zero-order chi connectivity index (χ0) is 16.6. The molecule has 3 nitrogen and oxygen atoms in total. The lowest BCUT2D eigenvalue weighted by Gasteiger charge is -2.27. The van der Waals surface area contributed by atoms with Crippen LogP contribution >= 0.6 is 46.4 Å². The molecule has 124 valence electrons. The predicted molar refractivity (Wildman–Crippen MR) is 96.1 cm³/mol. The molecule has 0 aliphatic heterocycles. The molecule has 1 aromatic rings. The summed E-state index contributed by atoms with van der Waals surface area (Å²) < 4.78 is -1.70. The molecule has 0 aromatic heterocycles. The number of alkyl halides is 3. The topological polar surface area (TPSA) is 41.1 Å². The van der Waals surface area contributed by atoms with E-state index in [1.807, 2.05) is 0 Å². The van der Waals surface area contributed by atoms with Gasteiger partial charge in [-0.05, 0) is 18.6 Å². The van der Waals surface area contributed by atoms with Gasteiger partial charge in [-0.15, -0.1) is 0 Å². The summed E-state index contributed by atoms with van der Waals surface area (Å²) in [5, 5.41) is 6.15. The first kappa shape index (κ1) is 19.7. The molecule has 0 aliphatic rings. The number of nitrogens with one attached hydrogen (secondary N) is 2. The van der Waals surface area contributed by atoms with E-state index in [9.17, 15) is 4.79 Å². The van der Waals surface area contributed by atoms with E-state index < -0.39 is 9.96 Å². The Morgan fingerprint density at radius 2 is 1.86 bits per heavy atom. The molecule has 0 radical (unpaired) electrons. The fraction of sp³-hybridized carbons (Fsp3) is 0.533. The first-order valence-electron chi connectivity index (χ1n) is 7.21. The summed E-state index contributed by atoms with van der Waals surface area (Å²) in [5.41, 5.74) is 0.590. The van der Waals surface area contributed by atoms with Crippen LogP contribution in [0.5, 0.6) is 0 Å². The van der Waals surface area contributed by atoms with Crippen molar-refractivity contribution in [2.45, 2.75) is 49.0 Å². The lowest BCUT2D eigenvalue weighted by Crippen LogP contribution is -2.49. The molecular formula is C15H20Cl4N2O. The first-order chi connectivity index (χ1) is 10.3. The fourth-order valence-electron chi connectivity index (χ4n) is 1.88. The molecule has 0 fully saturated rings. The van der Waals surface area contributed by atoms with Crippen LogP contribution < -0.4 is 10.6 Å². The van der Waals surface area contributed by atoms with Gasteiger partial charge in [-0.1, -0.05) is 84.7 Å². The van der Waals surface area contributed by atoms with Crippen LogP contribution in [-0.2, 0) is 4.79 Å². The third-order valence-corrected chi connectivity index (χ3v) is 4.05. The summed E-state index contributed by atoms with van der Waals surface area (Å²) in [6.07, 6.45) is 3.60. The normalized spacial score (nSPS) is 12.8. The lowest BCUT2D eigenvalue weighted by atomic mass is 10.1. The average Bonchev–Trinajstić information content (AvgIpc) is 2.44. The Balaban J connectivity index is 2.62. The number of carbonyl (C=O) groups excluding carboxylic acids is 1. The zero-order valence-corrected chi connectivity index (χ0v) is 15.4. The highest BCUT2D eigenvalue weighted by atomic mass is 35.6. The Kier molecular flexibility index (Phi) is 8.70. The minimum Gasteiger partial charge on any atom is -0.361 e. The van der Waals surface area contributed by atoms with Crippen molar-refractivity contribution < 1.29 is 4.79 Å². The number of rotatable bonds is 8. The van der Waals surface area contributed by atoms with E-state index in [0.717, 1.165) is 25.7 Å².